The van der Waals surface area contributed by atoms with Crippen LogP contribution in [-0.2, 0) is 4.74 Å². The number of allylic oxidation sites excluding steroid dienone is 2. The minimum absolute atomic E-state index is 0.0647. The van der Waals surface area contributed by atoms with Crippen LogP contribution in [0.4, 0.5) is 0 Å². The molecule has 1 unspecified atom stereocenters. The Labute approximate surface area is 67.0 Å². The maximum Gasteiger partial charge on any atom is 0.0901 e. The first-order valence-corrected chi connectivity index (χ1v) is 3.64. The van der Waals surface area contributed by atoms with E-state index >= 15 is 0 Å². The highest BCUT2D eigenvalue weighted by Crippen LogP contribution is 2.19. The molecule has 2 N–H and O–H groups in total. The van der Waals surface area contributed by atoms with Crippen molar-refractivity contribution in [2.45, 2.75) is 6.92 Å². The summed E-state index contributed by atoms with van der Waals surface area (Å²) >= 11 is 0. The van der Waals surface area contributed by atoms with E-state index < -0.39 is 0 Å². The summed E-state index contributed by atoms with van der Waals surface area (Å²) in [6.07, 6.45) is 11.1. The summed E-state index contributed by atoms with van der Waals surface area (Å²) in [5, 5.41) is 0. The van der Waals surface area contributed by atoms with Crippen molar-refractivity contribution in [2.75, 3.05) is 6.54 Å². The lowest BCUT2D eigenvalue weighted by Gasteiger charge is -2.18. The van der Waals surface area contributed by atoms with Gasteiger partial charge in [0.2, 0.25) is 0 Å². The monoisotopic (exact) mass is 151 g/mol. The maximum atomic E-state index is 5.58. The van der Waals surface area contributed by atoms with Gasteiger partial charge in [0.05, 0.1) is 12.5 Å². The molecule has 0 fully saturated rings. The lowest BCUT2D eigenvalue weighted by Crippen LogP contribution is -2.22. The normalized spacial score (nSPS) is 29.3. The highest BCUT2D eigenvalue weighted by Gasteiger charge is 2.14. The van der Waals surface area contributed by atoms with Crippen LogP contribution < -0.4 is 5.73 Å². The molecule has 60 valence electrons. The zero-order chi connectivity index (χ0) is 8.16. The second kappa shape index (κ2) is 3.39. The van der Waals surface area contributed by atoms with Crippen molar-refractivity contribution in [2.24, 2.45) is 11.1 Å². The van der Waals surface area contributed by atoms with E-state index in [1.165, 1.54) is 0 Å². The summed E-state index contributed by atoms with van der Waals surface area (Å²) in [6, 6.07) is 0. The van der Waals surface area contributed by atoms with E-state index in [-0.39, 0.29) is 5.41 Å². The average Bonchev–Trinajstić information content (AvgIpc) is 1.98. The van der Waals surface area contributed by atoms with Crippen molar-refractivity contribution in [3.05, 3.63) is 36.8 Å². The van der Waals surface area contributed by atoms with Crippen LogP contribution in [0.5, 0.6) is 0 Å². The van der Waals surface area contributed by atoms with E-state index in [0.29, 0.717) is 6.54 Å². The molecule has 0 saturated heterocycles. The van der Waals surface area contributed by atoms with Crippen molar-refractivity contribution in [3.8, 4) is 0 Å². The SMILES string of the molecule is CC1(CN)C=CC=COC=C1. The van der Waals surface area contributed by atoms with Crippen LogP contribution in [-0.4, -0.2) is 6.54 Å². The van der Waals surface area contributed by atoms with E-state index in [1.807, 2.05) is 18.2 Å². The molecule has 2 heteroatoms. The standard InChI is InChI=1S/C9H13NO/c1-9(8-10)4-2-3-6-11-7-5-9/h2-7H,8,10H2,1H3. The molecule has 0 aromatic rings. The van der Waals surface area contributed by atoms with Gasteiger partial charge in [0.15, 0.2) is 0 Å². The van der Waals surface area contributed by atoms with Gasteiger partial charge in [-0.25, -0.2) is 0 Å². The molecule has 1 aliphatic heterocycles. The molecule has 0 bridgehead atoms. The predicted molar refractivity (Wildman–Crippen MR) is 45.7 cm³/mol. The molecule has 2 nitrogen and oxygen atoms in total. The highest BCUT2D eigenvalue weighted by atomic mass is 16.5. The fourth-order valence-electron chi connectivity index (χ4n) is 0.798. The predicted octanol–water partition coefficient (Wildman–Crippen LogP) is 1.57. The molecular formula is C9H13NO. The Balaban J connectivity index is 2.79. The van der Waals surface area contributed by atoms with Gasteiger partial charge in [0.1, 0.15) is 0 Å². The molecule has 0 aromatic heterocycles. The van der Waals surface area contributed by atoms with Gasteiger partial charge in [0.25, 0.3) is 0 Å². The molecule has 0 spiro atoms. The van der Waals surface area contributed by atoms with Gasteiger partial charge >= 0.3 is 0 Å². The van der Waals surface area contributed by atoms with E-state index in [1.54, 1.807) is 12.5 Å². The summed E-state index contributed by atoms with van der Waals surface area (Å²) in [5.41, 5.74) is 5.51. The number of nitrogens with two attached hydrogens (primary N) is 1. The molecule has 0 saturated carbocycles. The number of rotatable bonds is 1. The summed E-state index contributed by atoms with van der Waals surface area (Å²) in [6.45, 7) is 2.65. The van der Waals surface area contributed by atoms with Gasteiger partial charge in [-0.15, -0.1) is 0 Å². The van der Waals surface area contributed by atoms with E-state index in [4.69, 9.17) is 10.5 Å². The van der Waals surface area contributed by atoms with Crippen LogP contribution in [0.1, 0.15) is 6.92 Å². The minimum atomic E-state index is -0.0647. The lowest BCUT2D eigenvalue weighted by atomic mass is 9.90. The zero-order valence-corrected chi connectivity index (χ0v) is 6.66. The van der Waals surface area contributed by atoms with Crippen LogP contribution in [0, 0.1) is 5.41 Å². The van der Waals surface area contributed by atoms with Crippen LogP contribution in [0.3, 0.4) is 0 Å². The summed E-state index contributed by atoms with van der Waals surface area (Å²) in [7, 11) is 0. The maximum absolute atomic E-state index is 5.58. The Morgan fingerprint density at radius 1 is 1.27 bits per heavy atom. The van der Waals surface area contributed by atoms with Crippen LogP contribution >= 0.6 is 0 Å². The number of hydrogen-bond acceptors (Lipinski definition) is 2. The number of ether oxygens (including phenoxy) is 1. The van der Waals surface area contributed by atoms with Gasteiger partial charge in [0, 0.05) is 12.0 Å². The molecule has 1 atom stereocenters. The summed E-state index contributed by atoms with van der Waals surface area (Å²) < 4.78 is 5.00. The first-order chi connectivity index (χ1) is 5.27. The highest BCUT2D eigenvalue weighted by molar-refractivity contribution is 5.15. The molecule has 0 amide bonds. The molecule has 1 aliphatic rings. The van der Waals surface area contributed by atoms with Gasteiger partial charge < -0.3 is 10.5 Å². The summed E-state index contributed by atoms with van der Waals surface area (Å²) in [4.78, 5) is 0. The smallest absolute Gasteiger partial charge is 0.0901 e. The van der Waals surface area contributed by atoms with Gasteiger partial charge in [-0.05, 0) is 12.2 Å². The zero-order valence-electron chi connectivity index (χ0n) is 6.66. The second-order valence-corrected chi connectivity index (χ2v) is 2.84. The number of hydrogen-bond donors (Lipinski definition) is 1. The van der Waals surface area contributed by atoms with Gasteiger partial charge in [-0.3, -0.25) is 0 Å². The van der Waals surface area contributed by atoms with E-state index in [2.05, 4.69) is 13.0 Å². The quantitative estimate of drug-likeness (QED) is 0.617. The fraction of sp³-hybridized carbons (Fsp3) is 0.333. The van der Waals surface area contributed by atoms with Crippen molar-refractivity contribution in [1.29, 1.82) is 0 Å². The Hall–Kier alpha value is -1.02. The molecule has 1 heterocycles. The Morgan fingerprint density at radius 2 is 2.09 bits per heavy atom. The largest absolute Gasteiger partial charge is 0.473 e. The third kappa shape index (κ3) is 2.24. The Kier molecular flexibility index (Phi) is 2.49. The first-order valence-electron chi connectivity index (χ1n) is 3.64. The van der Waals surface area contributed by atoms with Crippen molar-refractivity contribution in [3.63, 3.8) is 0 Å². The first kappa shape index (κ1) is 8.08. The summed E-state index contributed by atoms with van der Waals surface area (Å²) in [5.74, 6) is 0. The van der Waals surface area contributed by atoms with Gasteiger partial charge in [-0.1, -0.05) is 19.1 Å². The molecule has 1 rings (SSSR count). The van der Waals surface area contributed by atoms with Crippen LogP contribution in [0.15, 0.2) is 36.8 Å². The minimum Gasteiger partial charge on any atom is -0.473 e. The van der Waals surface area contributed by atoms with Crippen molar-refractivity contribution < 1.29 is 4.74 Å². The van der Waals surface area contributed by atoms with Crippen molar-refractivity contribution in [1.82, 2.24) is 0 Å². The van der Waals surface area contributed by atoms with Crippen LogP contribution in [0.25, 0.3) is 0 Å². The molecule has 0 aliphatic carbocycles. The Morgan fingerprint density at radius 3 is 2.82 bits per heavy atom. The third-order valence-corrected chi connectivity index (χ3v) is 1.71. The van der Waals surface area contributed by atoms with E-state index in [9.17, 15) is 0 Å². The molecular weight excluding hydrogens is 138 g/mol. The topological polar surface area (TPSA) is 35.2 Å². The third-order valence-electron chi connectivity index (χ3n) is 1.71. The lowest BCUT2D eigenvalue weighted by molar-refractivity contribution is 0.389. The second-order valence-electron chi connectivity index (χ2n) is 2.84. The Bertz CT molecular complexity index is 206. The van der Waals surface area contributed by atoms with E-state index in [0.717, 1.165) is 0 Å². The van der Waals surface area contributed by atoms with Crippen LogP contribution in [0.2, 0.25) is 0 Å². The molecule has 11 heavy (non-hydrogen) atoms. The van der Waals surface area contributed by atoms with Crippen molar-refractivity contribution >= 4 is 0 Å². The average molecular weight is 151 g/mol. The molecule has 0 radical (unpaired) electrons. The molecule has 0 aromatic carbocycles. The fourth-order valence-corrected chi connectivity index (χ4v) is 0.798. The van der Waals surface area contributed by atoms with Gasteiger partial charge in [-0.2, -0.15) is 0 Å².